The summed E-state index contributed by atoms with van der Waals surface area (Å²) in [4.78, 5) is -0.0240. The number of nitrogens with one attached hydrogen (secondary N) is 2. The van der Waals surface area contributed by atoms with Gasteiger partial charge in [-0.1, -0.05) is 0 Å². The number of benzene rings is 1. The van der Waals surface area contributed by atoms with Crippen molar-refractivity contribution in [1.29, 1.82) is 0 Å². The van der Waals surface area contributed by atoms with Crippen molar-refractivity contribution in [3.63, 3.8) is 0 Å². The second-order valence-corrected chi connectivity index (χ2v) is 5.60. The summed E-state index contributed by atoms with van der Waals surface area (Å²) in [6, 6.07) is 3.42. The molecule has 1 aromatic carbocycles. The molecule has 18 heavy (non-hydrogen) atoms. The first-order chi connectivity index (χ1) is 8.40. The maximum atomic E-state index is 13.2. The number of rotatable bonds is 6. The Morgan fingerprint density at radius 3 is 2.67 bits per heavy atom. The fourth-order valence-corrected chi connectivity index (χ4v) is 2.37. The minimum atomic E-state index is -3.65. The maximum absolute atomic E-state index is 13.2. The van der Waals surface area contributed by atoms with Crippen molar-refractivity contribution in [1.82, 2.24) is 10.0 Å². The fourth-order valence-electron chi connectivity index (χ4n) is 1.23. The lowest BCUT2D eigenvalue weighted by Crippen LogP contribution is -2.37. The molecule has 0 heterocycles. The van der Waals surface area contributed by atoms with Gasteiger partial charge in [-0.3, -0.25) is 0 Å². The van der Waals surface area contributed by atoms with Crippen LogP contribution in [0.2, 0.25) is 0 Å². The van der Waals surface area contributed by atoms with E-state index in [9.17, 15) is 12.8 Å². The van der Waals surface area contributed by atoms with Gasteiger partial charge in [0, 0.05) is 18.7 Å². The van der Waals surface area contributed by atoms with Crippen LogP contribution in [0.15, 0.2) is 23.1 Å². The Balaban J connectivity index is 2.91. The van der Waals surface area contributed by atoms with E-state index in [1.54, 1.807) is 7.05 Å². The highest BCUT2D eigenvalue weighted by Gasteiger charge is 2.17. The highest BCUT2D eigenvalue weighted by atomic mass is 32.2. The monoisotopic (exact) mass is 276 g/mol. The van der Waals surface area contributed by atoms with Crippen LogP contribution in [0, 0.1) is 5.82 Å². The SMILES string of the molecule is CNC(C)CNS(=O)(=O)c1ccc(F)c(OC)c1. The molecule has 7 heteroatoms. The van der Waals surface area contributed by atoms with Gasteiger partial charge in [0.2, 0.25) is 10.0 Å². The van der Waals surface area contributed by atoms with Crippen LogP contribution < -0.4 is 14.8 Å². The van der Waals surface area contributed by atoms with Gasteiger partial charge in [0.1, 0.15) is 0 Å². The third-order valence-corrected chi connectivity index (χ3v) is 3.93. The van der Waals surface area contributed by atoms with Crippen LogP contribution in [-0.2, 0) is 10.0 Å². The van der Waals surface area contributed by atoms with E-state index < -0.39 is 15.8 Å². The van der Waals surface area contributed by atoms with Crippen molar-refractivity contribution in [2.75, 3.05) is 20.7 Å². The normalized spacial score (nSPS) is 13.3. The second kappa shape index (κ2) is 6.12. The lowest BCUT2D eigenvalue weighted by atomic mass is 10.3. The van der Waals surface area contributed by atoms with Crippen LogP contribution in [0.1, 0.15) is 6.92 Å². The Kier molecular flexibility index (Phi) is 5.06. The molecule has 0 aliphatic carbocycles. The minimum absolute atomic E-state index is 0.00196. The van der Waals surface area contributed by atoms with E-state index in [0.29, 0.717) is 0 Å². The summed E-state index contributed by atoms with van der Waals surface area (Å²) in [5.41, 5.74) is 0. The van der Waals surface area contributed by atoms with Crippen molar-refractivity contribution < 1.29 is 17.5 Å². The van der Waals surface area contributed by atoms with E-state index in [-0.39, 0.29) is 23.2 Å². The van der Waals surface area contributed by atoms with Gasteiger partial charge in [-0.15, -0.1) is 0 Å². The van der Waals surface area contributed by atoms with Crippen LogP contribution in [0.4, 0.5) is 4.39 Å². The van der Waals surface area contributed by atoms with Crippen LogP contribution in [0.3, 0.4) is 0 Å². The number of sulfonamides is 1. The first-order valence-corrected chi connectivity index (χ1v) is 6.89. The van der Waals surface area contributed by atoms with E-state index in [1.807, 2.05) is 6.92 Å². The zero-order chi connectivity index (χ0) is 13.8. The van der Waals surface area contributed by atoms with Gasteiger partial charge in [-0.05, 0) is 26.1 Å². The maximum Gasteiger partial charge on any atom is 0.240 e. The van der Waals surface area contributed by atoms with Gasteiger partial charge in [0.05, 0.1) is 12.0 Å². The molecule has 0 saturated carbocycles. The molecule has 0 aliphatic rings. The second-order valence-electron chi connectivity index (χ2n) is 3.84. The predicted molar refractivity (Wildman–Crippen MR) is 66.7 cm³/mol. The highest BCUT2D eigenvalue weighted by molar-refractivity contribution is 7.89. The quantitative estimate of drug-likeness (QED) is 0.803. The fraction of sp³-hybridized carbons (Fsp3) is 0.455. The molecule has 1 rings (SSSR count). The minimum Gasteiger partial charge on any atom is -0.494 e. The summed E-state index contributed by atoms with van der Waals surface area (Å²) in [6.45, 7) is 2.09. The Morgan fingerprint density at radius 2 is 2.11 bits per heavy atom. The molecule has 0 radical (unpaired) electrons. The van der Waals surface area contributed by atoms with E-state index in [2.05, 4.69) is 10.0 Å². The Hall–Kier alpha value is -1.18. The Morgan fingerprint density at radius 1 is 1.44 bits per heavy atom. The first-order valence-electron chi connectivity index (χ1n) is 5.41. The lowest BCUT2D eigenvalue weighted by molar-refractivity contribution is 0.385. The molecule has 0 spiro atoms. The average Bonchev–Trinajstić information content (AvgIpc) is 2.36. The van der Waals surface area contributed by atoms with Gasteiger partial charge in [-0.25, -0.2) is 17.5 Å². The summed E-state index contributed by atoms with van der Waals surface area (Å²) in [6.07, 6.45) is 0. The zero-order valence-electron chi connectivity index (χ0n) is 10.5. The number of hydrogen-bond acceptors (Lipinski definition) is 4. The molecular weight excluding hydrogens is 259 g/mol. The summed E-state index contributed by atoms with van der Waals surface area (Å²) in [7, 11) is -0.632. The first kappa shape index (κ1) is 14.9. The molecule has 1 atom stereocenters. The van der Waals surface area contributed by atoms with Crippen LogP contribution in [0.25, 0.3) is 0 Å². The van der Waals surface area contributed by atoms with Crippen LogP contribution in [-0.4, -0.2) is 35.2 Å². The van der Waals surface area contributed by atoms with Crippen molar-refractivity contribution in [3.8, 4) is 5.75 Å². The molecule has 0 bridgehead atoms. The van der Waals surface area contributed by atoms with Gasteiger partial charge in [0.15, 0.2) is 11.6 Å². The number of ether oxygens (including phenoxy) is 1. The molecule has 0 aromatic heterocycles. The molecule has 0 fully saturated rings. The largest absolute Gasteiger partial charge is 0.494 e. The van der Waals surface area contributed by atoms with Gasteiger partial charge in [-0.2, -0.15) is 0 Å². The van der Waals surface area contributed by atoms with E-state index >= 15 is 0 Å². The molecule has 0 aliphatic heterocycles. The Bertz CT molecular complexity index is 505. The number of likely N-dealkylation sites (N-methyl/N-ethyl adjacent to an activating group) is 1. The molecule has 2 N–H and O–H groups in total. The van der Waals surface area contributed by atoms with E-state index in [4.69, 9.17) is 4.74 Å². The standard InChI is InChI=1S/C11H17FN2O3S/c1-8(13-2)7-14-18(15,16)9-4-5-10(12)11(6-9)17-3/h4-6,8,13-14H,7H2,1-3H3. The van der Waals surface area contributed by atoms with E-state index in [1.165, 1.54) is 13.2 Å². The van der Waals surface area contributed by atoms with Crippen LogP contribution >= 0.6 is 0 Å². The Labute approximate surface area is 106 Å². The predicted octanol–water partition coefficient (Wildman–Crippen LogP) is 0.720. The van der Waals surface area contributed by atoms with Crippen LogP contribution in [0.5, 0.6) is 5.75 Å². The third kappa shape index (κ3) is 3.66. The average molecular weight is 276 g/mol. The molecular formula is C11H17FN2O3S. The zero-order valence-corrected chi connectivity index (χ0v) is 11.3. The molecule has 102 valence electrons. The molecule has 0 amide bonds. The van der Waals surface area contributed by atoms with E-state index in [0.717, 1.165) is 12.1 Å². The topological polar surface area (TPSA) is 67.4 Å². The van der Waals surface area contributed by atoms with Gasteiger partial charge >= 0.3 is 0 Å². The lowest BCUT2D eigenvalue weighted by Gasteiger charge is -2.12. The highest BCUT2D eigenvalue weighted by Crippen LogP contribution is 2.21. The smallest absolute Gasteiger partial charge is 0.240 e. The summed E-state index contributed by atoms with van der Waals surface area (Å²) < 4.78 is 44.2. The summed E-state index contributed by atoms with van der Waals surface area (Å²) >= 11 is 0. The molecule has 1 unspecified atom stereocenters. The molecule has 5 nitrogen and oxygen atoms in total. The van der Waals surface area contributed by atoms with Gasteiger partial charge < -0.3 is 10.1 Å². The number of halogens is 1. The summed E-state index contributed by atoms with van der Waals surface area (Å²) in [5.74, 6) is -0.695. The van der Waals surface area contributed by atoms with Crippen molar-refractivity contribution in [3.05, 3.63) is 24.0 Å². The van der Waals surface area contributed by atoms with Crippen molar-refractivity contribution >= 4 is 10.0 Å². The van der Waals surface area contributed by atoms with Crippen molar-refractivity contribution in [2.24, 2.45) is 0 Å². The summed E-state index contributed by atoms with van der Waals surface area (Å²) in [5, 5.41) is 2.91. The molecule has 1 aromatic rings. The molecule has 0 saturated heterocycles. The van der Waals surface area contributed by atoms with Crippen molar-refractivity contribution in [2.45, 2.75) is 17.9 Å². The van der Waals surface area contributed by atoms with Gasteiger partial charge in [0.25, 0.3) is 0 Å². The third-order valence-electron chi connectivity index (χ3n) is 2.51. The number of hydrogen-bond donors (Lipinski definition) is 2. The number of methoxy groups -OCH3 is 1.